The van der Waals surface area contributed by atoms with Crippen LogP contribution in [0.3, 0.4) is 0 Å². The highest BCUT2D eigenvalue weighted by Crippen LogP contribution is 2.32. The number of carbonyl (C=O) groups is 1. The predicted octanol–water partition coefficient (Wildman–Crippen LogP) is 4.58. The van der Waals surface area contributed by atoms with Gasteiger partial charge < -0.3 is 9.30 Å². The number of esters is 1. The van der Waals surface area contributed by atoms with Gasteiger partial charge in [-0.3, -0.25) is 4.79 Å². The van der Waals surface area contributed by atoms with Gasteiger partial charge in [0.2, 0.25) is 4.80 Å². The topological polar surface area (TPSA) is 77.7 Å². The third kappa shape index (κ3) is 4.33. The number of sulfonamides is 1. The summed E-state index contributed by atoms with van der Waals surface area (Å²) in [6, 6.07) is 6.00. The standard InChI is InChI=1S/C15H11Cl3N2O4S3/c1-2-24-11(21)7-20-13-8(16)3-4-9(17)14(13)26-15(20)19-27(22,23)12-6-5-10(18)25-12/h3-6H,2,7H2,1H3/b19-15-. The van der Waals surface area contributed by atoms with E-state index in [1.165, 1.54) is 16.7 Å². The van der Waals surface area contributed by atoms with Crippen molar-refractivity contribution < 1.29 is 17.9 Å². The molecule has 2 aromatic heterocycles. The van der Waals surface area contributed by atoms with Crippen LogP contribution in [0.25, 0.3) is 10.2 Å². The first-order chi connectivity index (χ1) is 12.7. The summed E-state index contributed by atoms with van der Waals surface area (Å²) in [5, 5.41) is 0.683. The fourth-order valence-corrected chi connectivity index (χ4v) is 6.56. The van der Waals surface area contributed by atoms with Gasteiger partial charge in [0.25, 0.3) is 10.0 Å². The van der Waals surface area contributed by atoms with E-state index in [9.17, 15) is 13.2 Å². The molecule has 27 heavy (non-hydrogen) atoms. The molecule has 0 saturated carbocycles. The average Bonchev–Trinajstić information content (AvgIpc) is 3.17. The molecule has 0 bridgehead atoms. The van der Waals surface area contributed by atoms with E-state index in [0.717, 1.165) is 22.7 Å². The monoisotopic (exact) mass is 484 g/mol. The lowest BCUT2D eigenvalue weighted by molar-refractivity contribution is -0.143. The summed E-state index contributed by atoms with van der Waals surface area (Å²) >= 11 is 20.2. The van der Waals surface area contributed by atoms with Crippen LogP contribution in [0.15, 0.2) is 32.9 Å². The number of fused-ring (bicyclic) bond motifs is 1. The molecule has 0 saturated heterocycles. The van der Waals surface area contributed by atoms with Crippen molar-refractivity contribution in [2.75, 3.05) is 6.61 Å². The van der Waals surface area contributed by atoms with Crippen molar-refractivity contribution in [2.24, 2.45) is 4.40 Å². The van der Waals surface area contributed by atoms with Gasteiger partial charge in [0, 0.05) is 0 Å². The van der Waals surface area contributed by atoms with Crippen LogP contribution in [0.2, 0.25) is 14.4 Å². The minimum absolute atomic E-state index is 0.00941. The number of ether oxygens (including phenoxy) is 1. The fourth-order valence-electron chi connectivity index (χ4n) is 2.25. The highest BCUT2D eigenvalue weighted by Gasteiger charge is 2.20. The van der Waals surface area contributed by atoms with Gasteiger partial charge in [0.1, 0.15) is 10.8 Å². The Kier molecular flexibility index (Phi) is 6.19. The van der Waals surface area contributed by atoms with E-state index in [-0.39, 0.29) is 22.2 Å². The van der Waals surface area contributed by atoms with Gasteiger partial charge in [-0.1, -0.05) is 46.1 Å². The van der Waals surface area contributed by atoms with Gasteiger partial charge in [0.05, 0.1) is 31.2 Å². The maximum Gasteiger partial charge on any atom is 0.326 e. The molecule has 0 aliphatic carbocycles. The molecule has 1 aromatic carbocycles. The third-order valence-corrected chi connectivity index (χ3v) is 8.25. The smallest absolute Gasteiger partial charge is 0.326 e. The minimum atomic E-state index is -4.03. The molecule has 0 aliphatic heterocycles. The van der Waals surface area contributed by atoms with Gasteiger partial charge >= 0.3 is 5.97 Å². The van der Waals surface area contributed by atoms with E-state index in [1.807, 2.05) is 0 Å². The lowest BCUT2D eigenvalue weighted by atomic mass is 10.3. The lowest BCUT2D eigenvalue weighted by Gasteiger charge is -2.06. The predicted molar refractivity (Wildman–Crippen MR) is 109 cm³/mol. The Balaban J connectivity index is 2.27. The van der Waals surface area contributed by atoms with Crippen LogP contribution >= 0.6 is 57.5 Å². The molecule has 0 amide bonds. The molecular weight excluding hydrogens is 475 g/mol. The maximum atomic E-state index is 12.6. The SMILES string of the molecule is CCOC(=O)Cn1/c(=N/S(=O)(=O)c2ccc(Cl)s2)sc2c(Cl)ccc(Cl)c21. The van der Waals surface area contributed by atoms with Crippen molar-refractivity contribution >= 4 is 83.7 Å². The Morgan fingerprint density at radius 3 is 2.48 bits per heavy atom. The summed E-state index contributed by atoms with van der Waals surface area (Å²) in [7, 11) is -4.03. The number of aromatic nitrogens is 1. The fraction of sp³-hybridized carbons (Fsp3) is 0.200. The zero-order chi connectivity index (χ0) is 19.8. The first-order valence-corrected chi connectivity index (χ1v) is 11.6. The van der Waals surface area contributed by atoms with E-state index < -0.39 is 16.0 Å². The summed E-state index contributed by atoms with van der Waals surface area (Å²) in [6.45, 7) is 1.61. The van der Waals surface area contributed by atoms with E-state index in [2.05, 4.69) is 4.40 Å². The number of benzene rings is 1. The number of rotatable bonds is 5. The van der Waals surface area contributed by atoms with E-state index in [4.69, 9.17) is 39.5 Å². The second kappa shape index (κ2) is 8.10. The summed E-state index contributed by atoms with van der Waals surface area (Å²) < 4.78 is 36.3. The number of halogens is 3. The summed E-state index contributed by atoms with van der Waals surface area (Å²) in [4.78, 5) is 12.1. The number of nitrogens with zero attached hydrogens (tertiary/aromatic N) is 2. The third-order valence-electron chi connectivity index (χ3n) is 3.32. The Labute approximate surface area is 177 Å². The summed E-state index contributed by atoms with van der Waals surface area (Å²) in [5.41, 5.74) is 0.417. The van der Waals surface area contributed by atoms with Crippen LogP contribution in [0.1, 0.15) is 6.92 Å². The molecule has 0 spiro atoms. The van der Waals surface area contributed by atoms with E-state index in [0.29, 0.717) is 24.6 Å². The summed E-state index contributed by atoms with van der Waals surface area (Å²) in [5.74, 6) is -0.550. The first kappa shape index (κ1) is 20.6. The Bertz CT molecular complexity index is 1190. The van der Waals surface area contributed by atoms with Crippen molar-refractivity contribution in [3.05, 3.63) is 43.4 Å². The number of hydrogen-bond donors (Lipinski definition) is 0. The maximum absolute atomic E-state index is 12.6. The Hall–Kier alpha value is -1.10. The molecule has 2 heterocycles. The Morgan fingerprint density at radius 2 is 1.85 bits per heavy atom. The second-order valence-corrected chi connectivity index (χ2v) is 10.4. The van der Waals surface area contributed by atoms with Crippen molar-refractivity contribution in [1.82, 2.24) is 4.57 Å². The number of carbonyl (C=O) groups excluding carboxylic acids is 1. The normalized spacial score (nSPS) is 12.7. The van der Waals surface area contributed by atoms with Crippen molar-refractivity contribution in [1.29, 1.82) is 0 Å². The van der Waals surface area contributed by atoms with Gasteiger partial charge in [-0.25, -0.2) is 0 Å². The van der Waals surface area contributed by atoms with Crippen molar-refractivity contribution in [3.8, 4) is 0 Å². The van der Waals surface area contributed by atoms with Gasteiger partial charge in [-0.15, -0.1) is 15.7 Å². The lowest BCUT2D eigenvalue weighted by Crippen LogP contribution is -2.23. The van der Waals surface area contributed by atoms with E-state index >= 15 is 0 Å². The van der Waals surface area contributed by atoms with E-state index in [1.54, 1.807) is 19.1 Å². The quantitative estimate of drug-likeness (QED) is 0.496. The van der Waals surface area contributed by atoms with Gasteiger partial charge in [0.15, 0.2) is 0 Å². The highest BCUT2D eigenvalue weighted by molar-refractivity contribution is 7.92. The van der Waals surface area contributed by atoms with Crippen LogP contribution in [0, 0.1) is 0 Å². The molecule has 144 valence electrons. The Morgan fingerprint density at radius 1 is 1.15 bits per heavy atom. The largest absolute Gasteiger partial charge is 0.465 e. The zero-order valence-corrected chi connectivity index (χ0v) is 18.3. The average molecular weight is 486 g/mol. The zero-order valence-electron chi connectivity index (χ0n) is 13.6. The summed E-state index contributed by atoms with van der Waals surface area (Å²) in [6.07, 6.45) is 0. The molecular formula is C15H11Cl3N2O4S3. The molecule has 0 N–H and O–H groups in total. The molecule has 3 rings (SSSR count). The first-order valence-electron chi connectivity index (χ1n) is 7.42. The number of thiazole rings is 1. The molecule has 12 heteroatoms. The van der Waals surface area contributed by atoms with Crippen LogP contribution in [0.4, 0.5) is 0 Å². The number of thiophene rings is 1. The van der Waals surface area contributed by atoms with Crippen molar-refractivity contribution in [3.63, 3.8) is 0 Å². The molecule has 0 fully saturated rings. The molecule has 0 unspecified atom stereocenters. The van der Waals surface area contributed by atoms with Gasteiger partial charge in [-0.2, -0.15) is 8.42 Å². The van der Waals surface area contributed by atoms with Gasteiger partial charge in [-0.05, 0) is 31.2 Å². The second-order valence-electron chi connectivity index (χ2n) is 5.11. The molecule has 6 nitrogen and oxygen atoms in total. The van der Waals surface area contributed by atoms with Crippen molar-refractivity contribution in [2.45, 2.75) is 17.7 Å². The molecule has 3 aromatic rings. The molecule has 0 radical (unpaired) electrons. The minimum Gasteiger partial charge on any atom is -0.465 e. The molecule has 0 atom stereocenters. The van der Waals surface area contributed by atoms with Crippen LogP contribution in [0.5, 0.6) is 0 Å². The highest BCUT2D eigenvalue weighted by atomic mass is 35.5. The van der Waals surface area contributed by atoms with Crippen LogP contribution < -0.4 is 4.80 Å². The number of hydrogen-bond acceptors (Lipinski definition) is 6. The molecule has 0 aliphatic rings. The van der Waals surface area contributed by atoms with Crippen LogP contribution in [-0.2, 0) is 26.1 Å². The van der Waals surface area contributed by atoms with Crippen LogP contribution in [-0.4, -0.2) is 25.6 Å².